The predicted octanol–water partition coefficient (Wildman–Crippen LogP) is 2.63. The Hall–Kier alpha value is -1.97. The first-order valence-electron chi connectivity index (χ1n) is 6.08. The SMILES string of the molecule is COc1ccc(OC)c(/C=C/C(=O)NC(C)(C)C)c1. The average molecular weight is 263 g/mol. The molecule has 1 aromatic rings. The second-order valence-electron chi connectivity index (χ2n) is 5.18. The monoisotopic (exact) mass is 263 g/mol. The fourth-order valence-electron chi connectivity index (χ4n) is 1.55. The van der Waals surface area contributed by atoms with Crippen LogP contribution in [0.2, 0.25) is 0 Å². The van der Waals surface area contributed by atoms with Gasteiger partial charge in [-0.05, 0) is 45.0 Å². The lowest BCUT2D eigenvalue weighted by Gasteiger charge is -2.19. The van der Waals surface area contributed by atoms with Crippen molar-refractivity contribution in [2.45, 2.75) is 26.3 Å². The van der Waals surface area contributed by atoms with Crippen molar-refractivity contribution < 1.29 is 14.3 Å². The molecule has 0 unspecified atom stereocenters. The summed E-state index contributed by atoms with van der Waals surface area (Å²) in [4.78, 5) is 11.7. The molecule has 1 rings (SSSR count). The van der Waals surface area contributed by atoms with E-state index in [2.05, 4.69) is 5.32 Å². The third-order valence-electron chi connectivity index (χ3n) is 2.35. The van der Waals surface area contributed by atoms with Crippen molar-refractivity contribution in [2.24, 2.45) is 0 Å². The lowest BCUT2D eigenvalue weighted by molar-refractivity contribution is -0.117. The van der Waals surface area contributed by atoms with E-state index in [1.165, 1.54) is 6.08 Å². The molecule has 1 aromatic carbocycles. The molecule has 0 aromatic heterocycles. The quantitative estimate of drug-likeness (QED) is 0.849. The van der Waals surface area contributed by atoms with Crippen molar-refractivity contribution >= 4 is 12.0 Å². The van der Waals surface area contributed by atoms with Crippen molar-refractivity contribution in [3.63, 3.8) is 0 Å². The molecule has 4 heteroatoms. The van der Waals surface area contributed by atoms with Crippen LogP contribution in [-0.2, 0) is 4.79 Å². The zero-order valence-electron chi connectivity index (χ0n) is 12.1. The second-order valence-corrected chi connectivity index (χ2v) is 5.18. The molecule has 0 atom stereocenters. The van der Waals surface area contributed by atoms with Gasteiger partial charge in [-0.15, -0.1) is 0 Å². The number of amides is 1. The van der Waals surface area contributed by atoms with E-state index in [4.69, 9.17) is 9.47 Å². The summed E-state index contributed by atoms with van der Waals surface area (Å²) >= 11 is 0. The zero-order chi connectivity index (χ0) is 14.5. The largest absolute Gasteiger partial charge is 0.497 e. The molecule has 0 fully saturated rings. The maximum absolute atomic E-state index is 11.7. The minimum absolute atomic E-state index is 0.141. The Morgan fingerprint density at radius 1 is 1.21 bits per heavy atom. The van der Waals surface area contributed by atoms with Crippen LogP contribution in [0.15, 0.2) is 24.3 Å². The molecular weight excluding hydrogens is 242 g/mol. The summed E-state index contributed by atoms with van der Waals surface area (Å²) < 4.78 is 10.4. The highest BCUT2D eigenvalue weighted by Gasteiger charge is 2.11. The molecule has 0 bridgehead atoms. The van der Waals surface area contributed by atoms with Gasteiger partial charge in [-0.2, -0.15) is 0 Å². The number of ether oxygens (including phenoxy) is 2. The van der Waals surface area contributed by atoms with Gasteiger partial charge >= 0.3 is 0 Å². The molecule has 0 saturated heterocycles. The minimum Gasteiger partial charge on any atom is -0.497 e. The van der Waals surface area contributed by atoms with Gasteiger partial charge in [-0.1, -0.05) is 0 Å². The number of hydrogen-bond acceptors (Lipinski definition) is 3. The van der Waals surface area contributed by atoms with Crippen LogP contribution in [0.4, 0.5) is 0 Å². The molecule has 1 amide bonds. The molecule has 4 nitrogen and oxygen atoms in total. The first-order chi connectivity index (χ1) is 8.85. The van der Waals surface area contributed by atoms with Crippen LogP contribution in [0.3, 0.4) is 0 Å². The van der Waals surface area contributed by atoms with Gasteiger partial charge in [0.05, 0.1) is 14.2 Å². The molecule has 0 aliphatic heterocycles. The predicted molar refractivity (Wildman–Crippen MR) is 76.5 cm³/mol. The van der Waals surface area contributed by atoms with E-state index in [0.717, 1.165) is 11.3 Å². The molecule has 0 radical (unpaired) electrons. The molecular formula is C15H21NO3. The van der Waals surface area contributed by atoms with Gasteiger partial charge < -0.3 is 14.8 Å². The van der Waals surface area contributed by atoms with Crippen LogP contribution in [0.1, 0.15) is 26.3 Å². The summed E-state index contributed by atoms with van der Waals surface area (Å²) in [5.74, 6) is 1.27. The van der Waals surface area contributed by atoms with Crippen LogP contribution < -0.4 is 14.8 Å². The lowest BCUT2D eigenvalue weighted by Crippen LogP contribution is -2.39. The first-order valence-corrected chi connectivity index (χ1v) is 6.08. The van der Waals surface area contributed by atoms with E-state index in [1.54, 1.807) is 26.4 Å². The molecule has 0 heterocycles. The fourth-order valence-corrected chi connectivity index (χ4v) is 1.55. The summed E-state index contributed by atoms with van der Waals surface area (Å²) in [6.45, 7) is 5.81. The van der Waals surface area contributed by atoms with E-state index in [-0.39, 0.29) is 11.4 Å². The number of benzene rings is 1. The van der Waals surface area contributed by atoms with Crippen molar-refractivity contribution in [1.29, 1.82) is 0 Å². The number of carbonyl (C=O) groups excluding carboxylic acids is 1. The second kappa shape index (κ2) is 6.27. The maximum Gasteiger partial charge on any atom is 0.244 e. The fraction of sp³-hybridized carbons (Fsp3) is 0.400. The molecule has 0 aliphatic carbocycles. The van der Waals surface area contributed by atoms with Crippen LogP contribution in [0.5, 0.6) is 11.5 Å². The number of nitrogens with one attached hydrogen (secondary N) is 1. The summed E-state index contributed by atoms with van der Waals surface area (Å²) in [6, 6.07) is 5.44. The van der Waals surface area contributed by atoms with Gasteiger partial charge in [0.2, 0.25) is 5.91 Å². The Morgan fingerprint density at radius 3 is 2.42 bits per heavy atom. The van der Waals surface area contributed by atoms with Gasteiger partial charge in [0.25, 0.3) is 0 Å². The number of carbonyl (C=O) groups is 1. The van der Waals surface area contributed by atoms with Gasteiger partial charge in [0.15, 0.2) is 0 Å². The normalized spacial score (nSPS) is 11.4. The van der Waals surface area contributed by atoms with Gasteiger partial charge in [-0.3, -0.25) is 4.79 Å². The third kappa shape index (κ3) is 5.04. The van der Waals surface area contributed by atoms with Crippen molar-refractivity contribution in [2.75, 3.05) is 14.2 Å². The van der Waals surface area contributed by atoms with Crippen LogP contribution in [0, 0.1) is 0 Å². The summed E-state index contributed by atoms with van der Waals surface area (Å²) in [5, 5.41) is 2.86. The van der Waals surface area contributed by atoms with E-state index in [9.17, 15) is 4.79 Å². The smallest absolute Gasteiger partial charge is 0.244 e. The highest BCUT2D eigenvalue weighted by Crippen LogP contribution is 2.24. The zero-order valence-corrected chi connectivity index (χ0v) is 12.1. The molecule has 1 N–H and O–H groups in total. The Morgan fingerprint density at radius 2 is 1.89 bits per heavy atom. The van der Waals surface area contributed by atoms with Gasteiger partial charge in [-0.25, -0.2) is 0 Å². The van der Waals surface area contributed by atoms with Gasteiger partial charge in [0.1, 0.15) is 11.5 Å². The Labute approximate surface area is 114 Å². The molecule has 0 spiro atoms. The Bertz CT molecular complexity index is 473. The van der Waals surface area contributed by atoms with E-state index >= 15 is 0 Å². The number of rotatable bonds is 4. The highest BCUT2D eigenvalue weighted by molar-refractivity contribution is 5.92. The van der Waals surface area contributed by atoms with Crippen LogP contribution in [0.25, 0.3) is 6.08 Å². The topological polar surface area (TPSA) is 47.6 Å². The first kappa shape index (κ1) is 15.1. The standard InChI is InChI=1S/C15H21NO3/c1-15(2,3)16-14(17)9-6-11-10-12(18-4)7-8-13(11)19-5/h6-10H,1-5H3,(H,16,17)/b9-6+. The van der Waals surface area contributed by atoms with Crippen molar-refractivity contribution in [1.82, 2.24) is 5.32 Å². The summed E-state index contributed by atoms with van der Waals surface area (Å²) in [5.41, 5.74) is 0.547. The lowest BCUT2D eigenvalue weighted by atomic mass is 10.1. The molecule has 0 saturated carbocycles. The Kier molecular flexibility index (Phi) is 4.98. The van der Waals surface area contributed by atoms with Crippen LogP contribution in [-0.4, -0.2) is 25.7 Å². The minimum atomic E-state index is -0.250. The summed E-state index contributed by atoms with van der Waals surface area (Å²) in [7, 11) is 3.19. The molecule has 19 heavy (non-hydrogen) atoms. The Balaban J connectivity index is 2.88. The maximum atomic E-state index is 11.7. The number of hydrogen-bond donors (Lipinski definition) is 1. The summed E-state index contributed by atoms with van der Waals surface area (Å²) in [6.07, 6.45) is 3.20. The van der Waals surface area contributed by atoms with Crippen molar-refractivity contribution in [3.8, 4) is 11.5 Å². The van der Waals surface area contributed by atoms with Crippen molar-refractivity contribution in [3.05, 3.63) is 29.8 Å². The van der Waals surface area contributed by atoms with E-state index < -0.39 is 0 Å². The third-order valence-corrected chi connectivity index (χ3v) is 2.35. The average Bonchev–Trinajstić information content (AvgIpc) is 2.33. The molecule has 0 aliphatic rings. The van der Waals surface area contributed by atoms with E-state index in [1.807, 2.05) is 32.9 Å². The van der Waals surface area contributed by atoms with E-state index in [0.29, 0.717) is 5.75 Å². The number of methoxy groups -OCH3 is 2. The van der Waals surface area contributed by atoms with Gasteiger partial charge in [0, 0.05) is 17.2 Å². The highest BCUT2D eigenvalue weighted by atomic mass is 16.5. The van der Waals surface area contributed by atoms with Crippen LogP contribution >= 0.6 is 0 Å². The molecule has 104 valence electrons.